The first-order valence-electron chi connectivity index (χ1n) is 9.29. The minimum Gasteiger partial charge on any atom is -0.300 e. The van der Waals surface area contributed by atoms with Crippen molar-refractivity contribution in [1.82, 2.24) is 14.5 Å². The Morgan fingerprint density at radius 2 is 2.07 bits per heavy atom. The Morgan fingerprint density at radius 3 is 2.79 bits per heavy atom. The third-order valence-electron chi connectivity index (χ3n) is 4.65. The molecule has 1 amide bonds. The zero-order chi connectivity index (χ0) is 20.1. The van der Waals surface area contributed by atoms with Crippen LogP contribution < -0.4 is 5.32 Å². The molecule has 0 radical (unpaired) electrons. The number of aromatic nitrogens is 2. The van der Waals surface area contributed by atoms with Gasteiger partial charge in [-0.3, -0.25) is 4.79 Å². The molecule has 2 heterocycles. The van der Waals surface area contributed by atoms with Crippen LogP contribution in [-0.4, -0.2) is 41.9 Å². The van der Waals surface area contributed by atoms with Crippen molar-refractivity contribution in [2.75, 3.05) is 18.4 Å². The Labute approximate surface area is 174 Å². The largest absolute Gasteiger partial charge is 0.300 e. The molecule has 0 aliphatic carbocycles. The van der Waals surface area contributed by atoms with E-state index in [4.69, 9.17) is 11.6 Å². The number of aryl methyl sites for hydroxylation is 1. The Bertz CT molecular complexity index is 915. The van der Waals surface area contributed by atoms with Crippen LogP contribution in [0, 0.1) is 5.92 Å². The fourth-order valence-electron chi connectivity index (χ4n) is 3.07. The van der Waals surface area contributed by atoms with Crippen LogP contribution >= 0.6 is 22.9 Å². The topological polar surface area (TPSA) is 92.3 Å². The van der Waals surface area contributed by atoms with Gasteiger partial charge in [-0.15, -0.1) is 10.2 Å². The summed E-state index contributed by atoms with van der Waals surface area (Å²) in [7, 11) is -3.65. The number of carbonyl (C=O) groups excluding carboxylic acids is 1. The number of hydrogen-bond donors (Lipinski definition) is 1. The second-order valence-electron chi connectivity index (χ2n) is 6.75. The molecule has 7 nitrogen and oxygen atoms in total. The van der Waals surface area contributed by atoms with Gasteiger partial charge in [0.1, 0.15) is 5.01 Å². The van der Waals surface area contributed by atoms with E-state index in [1.54, 1.807) is 12.1 Å². The SMILES string of the molecule is CCCCc1nnc(NC(=O)C2CCCN(S(=O)(=O)c3ccc(Cl)cc3)C2)s1. The summed E-state index contributed by atoms with van der Waals surface area (Å²) in [5.74, 6) is -0.631. The molecule has 1 saturated heterocycles. The minimum atomic E-state index is -3.65. The molecule has 0 spiro atoms. The molecule has 1 aromatic heterocycles. The van der Waals surface area contributed by atoms with E-state index in [2.05, 4.69) is 22.4 Å². The molecule has 1 fully saturated rings. The van der Waals surface area contributed by atoms with E-state index < -0.39 is 15.9 Å². The summed E-state index contributed by atoms with van der Waals surface area (Å²) in [5.41, 5.74) is 0. The number of rotatable bonds is 7. The maximum absolute atomic E-state index is 12.9. The standard InChI is InChI=1S/C18H23ClN4O3S2/c1-2-3-6-16-21-22-18(27-16)20-17(24)13-5-4-11-23(12-13)28(25,26)15-9-7-14(19)8-10-15/h7-10,13H,2-6,11-12H2,1H3,(H,20,22,24). The highest BCUT2D eigenvalue weighted by Crippen LogP contribution is 2.26. The number of nitrogens with zero attached hydrogens (tertiary/aromatic N) is 3. The molecule has 3 rings (SSSR count). The highest BCUT2D eigenvalue weighted by atomic mass is 35.5. The summed E-state index contributed by atoms with van der Waals surface area (Å²) >= 11 is 7.22. The van der Waals surface area contributed by atoms with E-state index in [1.165, 1.54) is 27.8 Å². The molecule has 1 N–H and O–H groups in total. The quantitative estimate of drug-likeness (QED) is 0.707. The van der Waals surface area contributed by atoms with E-state index in [1.807, 2.05) is 0 Å². The molecular weight excluding hydrogens is 420 g/mol. The van der Waals surface area contributed by atoms with Gasteiger partial charge in [0.2, 0.25) is 21.1 Å². The predicted molar refractivity (Wildman–Crippen MR) is 110 cm³/mol. The summed E-state index contributed by atoms with van der Waals surface area (Å²) in [5, 5.41) is 12.7. The van der Waals surface area contributed by atoms with E-state index in [9.17, 15) is 13.2 Å². The van der Waals surface area contributed by atoms with Gasteiger partial charge < -0.3 is 5.32 Å². The molecule has 1 aliphatic rings. The smallest absolute Gasteiger partial charge is 0.243 e. The molecule has 1 aliphatic heterocycles. The lowest BCUT2D eigenvalue weighted by Crippen LogP contribution is -2.43. The van der Waals surface area contributed by atoms with Gasteiger partial charge in [0, 0.05) is 24.5 Å². The van der Waals surface area contributed by atoms with Crippen LogP contribution in [0.25, 0.3) is 0 Å². The maximum Gasteiger partial charge on any atom is 0.243 e. The van der Waals surface area contributed by atoms with E-state index in [-0.39, 0.29) is 17.3 Å². The van der Waals surface area contributed by atoms with E-state index >= 15 is 0 Å². The zero-order valence-electron chi connectivity index (χ0n) is 15.6. The van der Waals surface area contributed by atoms with Crippen molar-refractivity contribution in [2.45, 2.75) is 43.9 Å². The zero-order valence-corrected chi connectivity index (χ0v) is 18.0. The third-order valence-corrected chi connectivity index (χ3v) is 7.68. The molecule has 1 atom stereocenters. The van der Waals surface area contributed by atoms with Gasteiger partial charge in [0.25, 0.3) is 0 Å². The number of carbonyl (C=O) groups is 1. The van der Waals surface area contributed by atoms with E-state index in [0.717, 1.165) is 24.3 Å². The van der Waals surface area contributed by atoms with Gasteiger partial charge in [-0.25, -0.2) is 8.42 Å². The van der Waals surface area contributed by atoms with Crippen LogP contribution in [0.5, 0.6) is 0 Å². The normalized spacial score (nSPS) is 18.1. The van der Waals surface area contributed by atoms with Crippen LogP contribution in [0.1, 0.15) is 37.6 Å². The summed E-state index contributed by atoms with van der Waals surface area (Å²) in [6.07, 6.45) is 4.22. The van der Waals surface area contributed by atoms with Crippen LogP contribution in [0.2, 0.25) is 5.02 Å². The fourth-order valence-corrected chi connectivity index (χ4v) is 5.51. The summed E-state index contributed by atoms with van der Waals surface area (Å²) in [6.45, 7) is 2.66. The lowest BCUT2D eigenvalue weighted by atomic mass is 9.99. The van der Waals surface area contributed by atoms with Crippen LogP contribution in [-0.2, 0) is 21.2 Å². The predicted octanol–water partition coefficient (Wildman–Crippen LogP) is 3.57. The Hall–Kier alpha value is -1.55. The summed E-state index contributed by atoms with van der Waals surface area (Å²) < 4.78 is 27.1. The van der Waals surface area contributed by atoms with Crippen LogP contribution in [0.4, 0.5) is 5.13 Å². The number of unbranched alkanes of at least 4 members (excludes halogenated alkanes) is 1. The lowest BCUT2D eigenvalue weighted by molar-refractivity contribution is -0.120. The molecule has 2 aromatic rings. The lowest BCUT2D eigenvalue weighted by Gasteiger charge is -2.31. The molecule has 1 unspecified atom stereocenters. The van der Waals surface area contributed by atoms with Crippen molar-refractivity contribution in [3.8, 4) is 0 Å². The van der Waals surface area contributed by atoms with Crippen molar-refractivity contribution in [2.24, 2.45) is 5.92 Å². The number of amides is 1. The average Bonchev–Trinajstić information content (AvgIpc) is 3.14. The number of anilines is 1. The van der Waals surface area contributed by atoms with E-state index in [0.29, 0.717) is 29.5 Å². The number of nitrogens with one attached hydrogen (secondary N) is 1. The summed E-state index contributed by atoms with van der Waals surface area (Å²) in [6, 6.07) is 6.07. The number of piperidine rings is 1. The fraction of sp³-hybridized carbons (Fsp3) is 0.500. The van der Waals surface area contributed by atoms with Gasteiger partial charge in [0.15, 0.2) is 0 Å². The first-order chi connectivity index (χ1) is 13.4. The van der Waals surface area contributed by atoms with Gasteiger partial charge >= 0.3 is 0 Å². The van der Waals surface area contributed by atoms with Gasteiger partial charge in [-0.1, -0.05) is 36.3 Å². The molecule has 10 heteroatoms. The number of halogens is 1. The number of benzene rings is 1. The van der Waals surface area contributed by atoms with Gasteiger partial charge in [0.05, 0.1) is 10.8 Å². The molecular formula is C18H23ClN4O3S2. The van der Waals surface area contributed by atoms with Crippen molar-refractivity contribution >= 4 is 44.0 Å². The first-order valence-corrected chi connectivity index (χ1v) is 11.9. The molecule has 0 saturated carbocycles. The highest BCUT2D eigenvalue weighted by molar-refractivity contribution is 7.89. The van der Waals surface area contributed by atoms with Crippen molar-refractivity contribution < 1.29 is 13.2 Å². The molecule has 1 aromatic carbocycles. The monoisotopic (exact) mass is 442 g/mol. The molecule has 0 bridgehead atoms. The average molecular weight is 443 g/mol. The molecule has 152 valence electrons. The Morgan fingerprint density at radius 1 is 1.32 bits per heavy atom. The van der Waals surface area contributed by atoms with Crippen LogP contribution in [0.3, 0.4) is 0 Å². The first kappa shape index (κ1) is 21.2. The van der Waals surface area contributed by atoms with Gasteiger partial charge in [-0.05, 0) is 43.5 Å². The maximum atomic E-state index is 12.9. The second-order valence-corrected chi connectivity index (χ2v) is 10.2. The second kappa shape index (κ2) is 9.30. The Balaban J connectivity index is 1.64. The molecule has 28 heavy (non-hydrogen) atoms. The van der Waals surface area contributed by atoms with Crippen LogP contribution in [0.15, 0.2) is 29.2 Å². The number of hydrogen-bond acceptors (Lipinski definition) is 6. The van der Waals surface area contributed by atoms with Crippen molar-refractivity contribution in [3.63, 3.8) is 0 Å². The van der Waals surface area contributed by atoms with Crippen molar-refractivity contribution in [3.05, 3.63) is 34.3 Å². The minimum absolute atomic E-state index is 0.151. The van der Waals surface area contributed by atoms with Crippen molar-refractivity contribution in [1.29, 1.82) is 0 Å². The number of sulfonamides is 1. The third kappa shape index (κ3) is 5.08. The Kier molecular flexibility index (Phi) is 7.03. The highest BCUT2D eigenvalue weighted by Gasteiger charge is 2.33. The summed E-state index contributed by atoms with van der Waals surface area (Å²) in [4.78, 5) is 12.8. The van der Waals surface area contributed by atoms with Gasteiger partial charge in [-0.2, -0.15) is 4.31 Å².